The molecule has 1 aromatic carbocycles. The molecule has 4 nitrogen and oxygen atoms in total. The molecular formula is C18H25NO3. The van der Waals surface area contributed by atoms with Gasteiger partial charge in [0, 0.05) is 6.42 Å². The van der Waals surface area contributed by atoms with E-state index in [1.165, 1.54) is 5.56 Å². The van der Waals surface area contributed by atoms with Gasteiger partial charge in [-0.3, -0.25) is 9.69 Å². The molecule has 0 aliphatic carbocycles. The number of methoxy groups -OCH3 is 1. The minimum atomic E-state index is -0.0318. The maximum atomic E-state index is 11.9. The minimum Gasteiger partial charge on any atom is -0.496 e. The van der Waals surface area contributed by atoms with Crippen LogP contribution in [0.2, 0.25) is 0 Å². The Hall–Kier alpha value is -1.55. The standard InChI is InChI=1S/C18H25NO3/c1-13-11-16(18(20)22-13)19-9-7-14(8-10-19)12-15-5-3-4-6-17(15)21-2/h3-6,13-14,16H,7-12H2,1-2H3/t13-,16+/m0/s1. The molecule has 22 heavy (non-hydrogen) atoms. The van der Waals surface area contributed by atoms with E-state index in [1.807, 2.05) is 19.1 Å². The number of cyclic esters (lactones) is 1. The van der Waals surface area contributed by atoms with Crippen molar-refractivity contribution < 1.29 is 14.3 Å². The topological polar surface area (TPSA) is 38.8 Å². The first-order chi connectivity index (χ1) is 10.7. The van der Waals surface area contributed by atoms with E-state index in [9.17, 15) is 4.79 Å². The first-order valence-electron chi connectivity index (χ1n) is 8.24. The van der Waals surface area contributed by atoms with Gasteiger partial charge in [0.2, 0.25) is 0 Å². The van der Waals surface area contributed by atoms with E-state index in [-0.39, 0.29) is 18.1 Å². The Morgan fingerprint density at radius 1 is 1.27 bits per heavy atom. The molecule has 0 aromatic heterocycles. The van der Waals surface area contributed by atoms with Crippen molar-refractivity contribution in [3.05, 3.63) is 29.8 Å². The Kier molecular flexibility index (Phi) is 4.67. The van der Waals surface area contributed by atoms with Crippen molar-refractivity contribution >= 4 is 5.97 Å². The van der Waals surface area contributed by atoms with Gasteiger partial charge in [-0.2, -0.15) is 0 Å². The third kappa shape index (κ3) is 3.27. The van der Waals surface area contributed by atoms with Crippen molar-refractivity contribution in [3.63, 3.8) is 0 Å². The molecule has 2 heterocycles. The monoisotopic (exact) mass is 303 g/mol. The van der Waals surface area contributed by atoms with Crippen molar-refractivity contribution in [2.24, 2.45) is 5.92 Å². The third-order valence-electron chi connectivity index (χ3n) is 4.94. The molecule has 1 aromatic rings. The summed E-state index contributed by atoms with van der Waals surface area (Å²) in [6.07, 6.45) is 4.25. The second kappa shape index (κ2) is 6.69. The van der Waals surface area contributed by atoms with E-state index >= 15 is 0 Å². The molecule has 120 valence electrons. The zero-order valence-corrected chi connectivity index (χ0v) is 13.5. The number of hydrogen-bond donors (Lipinski definition) is 0. The number of nitrogens with zero attached hydrogens (tertiary/aromatic N) is 1. The summed E-state index contributed by atoms with van der Waals surface area (Å²) in [5, 5.41) is 0. The van der Waals surface area contributed by atoms with E-state index in [4.69, 9.17) is 9.47 Å². The SMILES string of the molecule is COc1ccccc1CC1CCN([C@@H]2C[C@H](C)OC2=O)CC1. The highest BCUT2D eigenvalue weighted by molar-refractivity contribution is 5.78. The smallest absolute Gasteiger partial charge is 0.323 e. The van der Waals surface area contributed by atoms with E-state index in [0.29, 0.717) is 5.92 Å². The quantitative estimate of drug-likeness (QED) is 0.802. The van der Waals surface area contributed by atoms with Crippen LogP contribution in [0.4, 0.5) is 0 Å². The Balaban J connectivity index is 1.55. The summed E-state index contributed by atoms with van der Waals surface area (Å²) < 4.78 is 10.7. The van der Waals surface area contributed by atoms with Gasteiger partial charge in [-0.1, -0.05) is 18.2 Å². The van der Waals surface area contributed by atoms with Gasteiger partial charge >= 0.3 is 5.97 Å². The number of hydrogen-bond acceptors (Lipinski definition) is 4. The van der Waals surface area contributed by atoms with Crippen LogP contribution in [0, 0.1) is 5.92 Å². The van der Waals surface area contributed by atoms with E-state index in [1.54, 1.807) is 7.11 Å². The van der Waals surface area contributed by atoms with Gasteiger partial charge in [0.15, 0.2) is 0 Å². The average molecular weight is 303 g/mol. The third-order valence-corrected chi connectivity index (χ3v) is 4.94. The molecule has 0 N–H and O–H groups in total. The first-order valence-corrected chi connectivity index (χ1v) is 8.24. The van der Waals surface area contributed by atoms with Gasteiger partial charge in [0.1, 0.15) is 17.9 Å². The van der Waals surface area contributed by atoms with Crippen LogP contribution >= 0.6 is 0 Å². The minimum absolute atomic E-state index is 0.0118. The summed E-state index contributed by atoms with van der Waals surface area (Å²) in [6, 6.07) is 8.25. The lowest BCUT2D eigenvalue weighted by Gasteiger charge is -2.34. The maximum Gasteiger partial charge on any atom is 0.323 e. The molecule has 0 unspecified atom stereocenters. The molecule has 0 bridgehead atoms. The normalized spacial score (nSPS) is 26.9. The van der Waals surface area contributed by atoms with Crippen LogP contribution in [0.5, 0.6) is 5.75 Å². The Bertz CT molecular complexity index is 523. The van der Waals surface area contributed by atoms with Crippen LogP contribution in [0.1, 0.15) is 31.7 Å². The summed E-state index contributed by atoms with van der Waals surface area (Å²) >= 11 is 0. The lowest BCUT2D eigenvalue weighted by atomic mass is 9.89. The molecule has 2 saturated heterocycles. The Morgan fingerprint density at radius 3 is 2.64 bits per heavy atom. The van der Waals surface area contributed by atoms with Crippen LogP contribution in [-0.2, 0) is 16.0 Å². The predicted molar refractivity (Wildman–Crippen MR) is 85.0 cm³/mol. The van der Waals surface area contributed by atoms with E-state index in [0.717, 1.165) is 44.5 Å². The molecule has 2 aliphatic heterocycles. The van der Waals surface area contributed by atoms with Crippen LogP contribution in [-0.4, -0.2) is 43.2 Å². The number of carbonyl (C=O) groups excluding carboxylic acids is 1. The summed E-state index contributed by atoms with van der Waals surface area (Å²) in [5.41, 5.74) is 1.29. The molecule has 2 atom stereocenters. The van der Waals surface area contributed by atoms with Crippen LogP contribution in [0.15, 0.2) is 24.3 Å². The maximum absolute atomic E-state index is 11.9. The summed E-state index contributed by atoms with van der Waals surface area (Å²) in [6.45, 7) is 3.96. The fourth-order valence-electron chi connectivity index (χ4n) is 3.69. The number of likely N-dealkylation sites (tertiary alicyclic amines) is 1. The van der Waals surface area contributed by atoms with E-state index < -0.39 is 0 Å². The lowest BCUT2D eigenvalue weighted by Crippen LogP contribution is -2.44. The van der Waals surface area contributed by atoms with Crippen molar-refractivity contribution in [2.45, 2.75) is 44.8 Å². The Morgan fingerprint density at radius 2 is 2.00 bits per heavy atom. The summed E-state index contributed by atoms with van der Waals surface area (Å²) in [4.78, 5) is 14.2. The number of esters is 1. The average Bonchev–Trinajstić information content (AvgIpc) is 2.87. The molecular weight excluding hydrogens is 278 g/mol. The van der Waals surface area contributed by atoms with Gasteiger partial charge < -0.3 is 9.47 Å². The van der Waals surface area contributed by atoms with Gasteiger partial charge in [0.25, 0.3) is 0 Å². The fraction of sp³-hybridized carbons (Fsp3) is 0.611. The second-order valence-corrected chi connectivity index (χ2v) is 6.49. The molecule has 0 radical (unpaired) electrons. The van der Waals surface area contributed by atoms with Crippen LogP contribution in [0.25, 0.3) is 0 Å². The number of carbonyl (C=O) groups is 1. The zero-order chi connectivity index (χ0) is 15.5. The van der Waals surface area contributed by atoms with Gasteiger partial charge in [-0.05, 0) is 56.8 Å². The van der Waals surface area contributed by atoms with Gasteiger partial charge in [-0.25, -0.2) is 0 Å². The summed E-state index contributed by atoms with van der Waals surface area (Å²) in [5.74, 6) is 1.62. The Labute approximate surface area is 132 Å². The van der Waals surface area contributed by atoms with Crippen molar-refractivity contribution in [1.82, 2.24) is 4.90 Å². The van der Waals surface area contributed by atoms with Crippen molar-refractivity contribution in [2.75, 3.05) is 20.2 Å². The molecule has 3 rings (SSSR count). The molecule has 0 amide bonds. The first kappa shape index (κ1) is 15.3. The highest BCUT2D eigenvalue weighted by atomic mass is 16.6. The van der Waals surface area contributed by atoms with E-state index in [2.05, 4.69) is 17.0 Å². The predicted octanol–water partition coefficient (Wildman–Crippen LogP) is 2.65. The zero-order valence-electron chi connectivity index (χ0n) is 13.5. The highest BCUT2D eigenvalue weighted by Gasteiger charge is 2.37. The fourth-order valence-corrected chi connectivity index (χ4v) is 3.69. The molecule has 0 spiro atoms. The molecule has 2 aliphatic rings. The second-order valence-electron chi connectivity index (χ2n) is 6.49. The van der Waals surface area contributed by atoms with Crippen LogP contribution in [0.3, 0.4) is 0 Å². The number of rotatable bonds is 4. The number of piperidine rings is 1. The molecule has 4 heteroatoms. The van der Waals surface area contributed by atoms with Crippen molar-refractivity contribution in [1.29, 1.82) is 0 Å². The number of ether oxygens (including phenoxy) is 2. The highest BCUT2D eigenvalue weighted by Crippen LogP contribution is 2.29. The summed E-state index contributed by atoms with van der Waals surface area (Å²) in [7, 11) is 1.73. The molecule has 2 fully saturated rings. The number of benzene rings is 1. The largest absolute Gasteiger partial charge is 0.496 e. The van der Waals surface area contributed by atoms with Crippen molar-refractivity contribution in [3.8, 4) is 5.75 Å². The number of para-hydroxylation sites is 1. The lowest BCUT2D eigenvalue weighted by molar-refractivity contribution is -0.145. The van der Waals surface area contributed by atoms with Crippen LogP contribution < -0.4 is 4.74 Å². The molecule has 0 saturated carbocycles. The van der Waals surface area contributed by atoms with Gasteiger partial charge in [0.05, 0.1) is 7.11 Å². The van der Waals surface area contributed by atoms with Gasteiger partial charge in [-0.15, -0.1) is 0 Å².